The Kier molecular flexibility index (Phi) is 3.51. The number of hydrogen-bond donors (Lipinski definition) is 2. The Morgan fingerprint density at radius 2 is 1.83 bits per heavy atom. The highest BCUT2D eigenvalue weighted by Gasteiger charge is 2.06. The van der Waals surface area contributed by atoms with Gasteiger partial charge in [0.2, 0.25) is 5.95 Å². The normalized spacial score (nSPS) is 11.3. The third-order valence-corrected chi connectivity index (χ3v) is 3.80. The summed E-state index contributed by atoms with van der Waals surface area (Å²) < 4.78 is 0. The first-order valence-electron chi connectivity index (χ1n) is 7.60. The standard InChI is InChI=1S/C19H15N5/c20-19-21-11-10-16(22-19)14-7-8-15-17(23-24-18(15)12-14)9-6-13-4-2-1-3-5-13/h1-12H,(H,23,24)(H2,20,21,22). The highest BCUT2D eigenvalue weighted by molar-refractivity contribution is 5.91. The van der Waals surface area contributed by atoms with Crippen LogP contribution in [0.3, 0.4) is 0 Å². The number of H-pyrrole nitrogens is 1. The molecule has 0 radical (unpaired) electrons. The van der Waals surface area contributed by atoms with Gasteiger partial charge < -0.3 is 5.73 Å². The molecule has 0 aliphatic heterocycles. The molecule has 0 saturated heterocycles. The Labute approximate surface area is 138 Å². The van der Waals surface area contributed by atoms with Crippen molar-refractivity contribution in [3.05, 3.63) is 72.1 Å². The van der Waals surface area contributed by atoms with Gasteiger partial charge in [-0.3, -0.25) is 5.10 Å². The van der Waals surface area contributed by atoms with Crippen LogP contribution in [0.5, 0.6) is 0 Å². The number of rotatable bonds is 3. The van der Waals surface area contributed by atoms with Crippen LogP contribution in [0.15, 0.2) is 60.8 Å². The Bertz CT molecular complexity index is 1020. The summed E-state index contributed by atoms with van der Waals surface area (Å²) in [7, 11) is 0. The highest BCUT2D eigenvalue weighted by atomic mass is 15.1. The van der Waals surface area contributed by atoms with Gasteiger partial charge in [-0.25, -0.2) is 9.97 Å². The van der Waals surface area contributed by atoms with Gasteiger partial charge in [0.25, 0.3) is 0 Å². The van der Waals surface area contributed by atoms with Crippen molar-refractivity contribution >= 4 is 29.0 Å². The largest absolute Gasteiger partial charge is 0.368 e. The maximum atomic E-state index is 5.66. The average molecular weight is 313 g/mol. The minimum absolute atomic E-state index is 0.267. The first-order chi connectivity index (χ1) is 11.8. The van der Waals surface area contributed by atoms with Crippen molar-refractivity contribution in [3.63, 3.8) is 0 Å². The summed E-state index contributed by atoms with van der Waals surface area (Å²) in [6, 6.07) is 18.1. The summed E-state index contributed by atoms with van der Waals surface area (Å²) in [6.45, 7) is 0. The van der Waals surface area contributed by atoms with E-state index in [2.05, 4.69) is 38.4 Å². The number of nitrogens with two attached hydrogens (primary N) is 1. The lowest BCUT2D eigenvalue weighted by molar-refractivity contribution is 1.11. The monoisotopic (exact) mass is 313 g/mol. The fourth-order valence-electron chi connectivity index (χ4n) is 2.60. The predicted octanol–water partition coefficient (Wildman–Crippen LogP) is 3.77. The second-order valence-corrected chi connectivity index (χ2v) is 5.41. The van der Waals surface area contributed by atoms with Gasteiger partial charge in [-0.15, -0.1) is 0 Å². The number of nitrogens with one attached hydrogen (secondary N) is 1. The minimum Gasteiger partial charge on any atom is -0.368 e. The summed E-state index contributed by atoms with van der Waals surface area (Å²) >= 11 is 0. The molecule has 4 rings (SSSR count). The van der Waals surface area contributed by atoms with Crippen molar-refractivity contribution in [2.75, 3.05) is 5.73 Å². The first kappa shape index (κ1) is 14.1. The first-order valence-corrected chi connectivity index (χ1v) is 7.60. The summed E-state index contributed by atoms with van der Waals surface area (Å²) in [5, 5.41) is 8.53. The zero-order chi connectivity index (χ0) is 16.4. The second-order valence-electron chi connectivity index (χ2n) is 5.41. The number of aromatic amines is 1. The number of nitrogen functional groups attached to an aromatic ring is 1. The molecule has 116 valence electrons. The lowest BCUT2D eigenvalue weighted by Gasteiger charge is -2.01. The lowest BCUT2D eigenvalue weighted by Crippen LogP contribution is -1.94. The van der Waals surface area contributed by atoms with Gasteiger partial charge in [-0.1, -0.05) is 42.5 Å². The maximum Gasteiger partial charge on any atom is 0.220 e. The van der Waals surface area contributed by atoms with Crippen molar-refractivity contribution in [3.8, 4) is 11.3 Å². The molecule has 24 heavy (non-hydrogen) atoms. The second kappa shape index (κ2) is 5.96. The van der Waals surface area contributed by atoms with E-state index in [0.717, 1.165) is 33.4 Å². The zero-order valence-electron chi connectivity index (χ0n) is 12.8. The van der Waals surface area contributed by atoms with Gasteiger partial charge in [0.05, 0.1) is 16.9 Å². The highest BCUT2D eigenvalue weighted by Crippen LogP contribution is 2.24. The van der Waals surface area contributed by atoms with E-state index in [-0.39, 0.29) is 5.95 Å². The third kappa shape index (κ3) is 2.75. The zero-order valence-corrected chi connectivity index (χ0v) is 12.8. The van der Waals surface area contributed by atoms with Gasteiger partial charge >= 0.3 is 0 Å². The number of benzene rings is 2. The fraction of sp³-hybridized carbons (Fsp3) is 0. The van der Waals surface area contributed by atoms with Crippen LogP contribution in [0.1, 0.15) is 11.3 Å². The molecule has 0 amide bonds. The van der Waals surface area contributed by atoms with Gasteiger partial charge in [0.15, 0.2) is 0 Å². The van der Waals surface area contributed by atoms with Crippen molar-refractivity contribution in [1.29, 1.82) is 0 Å². The van der Waals surface area contributed by atoms with E-state index in [0.29, 0.717) is 0 Å². The molecule has 5 nitrogen and oxygen atoms in total. The molecule has 0 bridgehead atoms. The number of nitrogens with zero attached hydrogens (tertiary/aromatic N) is 3. The van der Waals surface area contributed by atoms with Crippen molar-refractivity contribution < 1.29 is 0 Å². The molecule has 3 N–H and O–H groups in total. The van der Waals surface area contributed by atoms with Crippen LogP contribution in [0, 0.1) is 0 Å². The molecule has 0 unspecified atom stereocenters. The van der Waals surface area contributed by atoms with Gasteiger partial charge in [0.1, 0.15) is 0 Å². The SMILES string of the molecule is Nc1nccc(-c2ccc3c(C=Cc4ccccc4)n[nH]c3c2)n1. The van der Waals surface area contributed by atoms with Gasteiger partial charge in [-0.05, 0) is 29.8 Å². The fourth-order valence-corrected chi connectivity index (χ4v) is 2.60. The predicted molar refractivity (Wildman–Crippen MR) is 96.9 cm³/mol. The van der Waals surface area contributed by atoms with E-state index in [1.165, 1.54) is 0 Å². The number of anilines is 1. The lowest BCUT2D eigenvalue weighted by atomic mass is 10.1. The molecule has 2 aromatic heterocycles. The van der Waals surface area contributed by atoms with Crippen LogP contribution in [0.25, 0.3) is 34.3 Å². The van der Waals surface area contributed by atoms with Gasteiger partial charge in [-0.2, -0.15) is 5.10 Å². The van der Waals surface area contributed by atoms with E-state index in [1.54, 1.807) is 6.20 Å². The summed E-state index contributed by atoms with van der Waals surface area (Å²) in [6.07, 6.45) is 5.72. The van der Waals surface area contributed by atoms with Crippen LogP contribution < -0.4 is 5.73 Å². The average Bonchev–Trinajstić information content (AvgIpc) is 3.03. The molecule has 0 saturated carbocycles. The number of hydrogen-bond acceptors (Lipinski definition) is 4. The molecule has 0 spiro atoms. The van der Waals surface area contributed by atoms with Crippen LogP contribution in [-0.2, 0) is 0 Å². The molecule has 5 heteroatoms. The number of fused-ring (bicyclic) bond motifs is 1. The van der Waals surface area contributed by atoms with E-state index in [1.807, 2.05) is 48.5 Å². The molecule has 2 aromatic carbocycles. The molecule has 0 aliphatic carbocycles. The Morgan fingerprint density at radius 3 is 2.67 bits per heavy atom. The Morgan fingerprint density at radius 1 is 0.958 bits per heavy atom. The number of aromatic nitrogens is 4. The molecule has 0 fully saturated rings. The van der Waals surface area contributed by atoms with Crippen molar-refractivity contribution in [2.45, 2.75) is 0 Å². The third-order valence-electron chi connectivity index (χ3n) is 3.80. The van der Waals surface area contributed by atoms with Crippen molar-refractivity contribution in [1.82, 2.24) is 20.2 Å². The topological polar surface area (TPSA) is 80.5 Å². The summed E-state index contributed by atoms with van der Waals surface area (Å²) in [4.78, 5) is 8.17. The Hall–Kier alpha value is -3.47. The van der Waals surface area contributed by atoms with E-state index < -0.39 is 0 Å². The maximum absolute atomic E-state index is 5.66. The molecule has 0 aliphatic rings. The quantitative estimate of drug-likeness (QED) is 0.603. The van der Waals surface area contributed by atoms with Crippen molar-refractivity contribution in [2.24, 2.45) is 0 Å². The van der Waals surface area contributed by atoms with Crippen LogP contribution >= 0.6 is 0 Å². The van der Waals surface area contributed by atoms with Crippen LogP contribution in [-0.4, -0.2) is 20.2 Å². The van der Waals surface area contributed by atoms with E-state index in [4.69, 9.17) is 5.73 Å². The van der Waals surface area contributed by atoms with Gasteiger partial charge in [0, 0.05) is 17.1 Å². The molecular weight excluding hydrogens is 298 g/mol. The molecule has 4 aromatic rings. The summed E-state index contributed by atoms with van der Waals surface area (Å²) in [5.74, 6) is 0.267. The van der Waals surface area contributed by atoms with Crippen LogP contribution in [0.2, 0.25) is 0 Å². The molecular formula is C19H15N5. The molecule has 0 atom stereocenters. The summed E-state index contributed by atoms with van der Waals surface area (Å²) in [5.41, 5.74) is 10.4. The smallest absolute Gasteiger partial charge is 0.220 e. The Balaban J connectivity index is 1.69. The van der Waals surface area contributed by atoms with E-state index >= 15 is 0 Å². The minimum atomic E-state index is 0.267. The van der Waals surface area contributed by atoms with Crippen LogP contribution in [0.4, 0.5) is 5.95 Å². The molecule has 2 heterocycles. The van der Waals surface area contributed by atoms with E-state index in [9.17, 15) is 0 Å².